The van der Waals surface area contributed by atoms with Gasteiger partial charge in [-0.25, -0.2) is 9.37 Å². The summed E-state index contributed by atoms with van der Waals surface area (Å²) in [5.41, 5.74) is 1.40. The lowest BCUT2D eigenvalue weighted by Crippen LogP contribution is -2.18. The van der Waals surface area contributed by atoms with Crippen molar-refractivity contribution in [2.24, 2.45) is 0 Å². The van der Waals surface area contributed by atoms with Gasteiger partial charge in [-0.1, -0.05) is 0 Å². The normalized spacial score (nSPS) is 14.6. The molecule has 0 bridgehead atoms. The number of nitrogens with zero attached hydrogens (tertiary/aromatic N) is 1. The summed E-state index contributed by atoms with van der Waals surface area (Å²) >= 11 is 0. The molecule has 2 rings (SSSR count). The average molecular weight is 269 g/mol. The van der Waals surface area contributed by atoms with Crippen molar-refractivity contribution in [1.82, 2.24) is 9.97 Å². The third-order valence-corrected chi connectivity index (χ3v) is 3.48. The van der Waals surface area contributed by atoms with Crippen LogP contribution in [0.5, 0.6) is 0 Å². The lowest BCUT2D eigenvalue weighted by atomic mass is 10.3. The van der Waals surface area contributed by atoms with Crippen LogP contribution in [0.3, 0.4) is 0 Å². The number of fused-ring (bicyclic) bond motifs is 1. The van der Waals surface area contributed by atoms with Gasteiger partial charge in [-0.3, -0.25) is 4.21 Å². The first-order valence-electron chi connectivity index (χ1n) is 5.76. The molecule has 0 spiro atoms. The van der Waals surface area contributed by atoms with Crippen molar-refractivity contribution >= 4 is 27.8 Å². The highest BCUT2D eigenvalue weighted by molar-refractivity contribution is 7.84. The van der Waals surface area contributed by atoms with E-state index in [9.17, 15) is 8.60 Å². The zero-order valence-electron chi connectivity index (χ0n) is 10.4. The summed E-state index contributed by atoms with van der Waals surface area (Å²) in [7, 11) is -0.782. The molecule has 0 fully saturated rings. The van der Waals surface area contributed by atoms with Crippen molar-refractivity contribution in [3.05, 3.63) is 24.0 Å². The molecule has 1 aromatic carbocycles. The monoisotopic (exact) mass is 269 g/mol. The zero-order chi connectivity index (χ0) is 13.1. The van der Waals surface area contributed by atoms with Gasteiger partial charge in [0.1, 0.15) is 5.82 Å². The fourth-order valence-corrected chi connectivity index (χ4v) is 2.38. The molecule has 18 heavy (non-hydrogen) atoms. The lowest BCUT2D eigenvalue weighted by Gasteiger charge is -2.11. The van der Waals surface area contributed by atoms with Crippen molar-refractivity contribution in [2.75, 3.05) is 17.3 Å². The number of imidazole rings is 1. The topological polar surface area (TPSA) is 57.8 Å². The van der Waals surface area contributed by atoms with E-state index >= 15 is 0 Å². The molecule has 0 amide bonds. The van der Waals surface area contributed by atoms with Crippen LogP contribution in [-0.2, 0) is 10.8 Å². The first-order valence-corrected chi connectivity index (χ1v) is 7.49. The van der Waals surface area contributed by atoms with Gasteiger partial charge in [0.15, 0.2) is 0 Å². The van der Waals surface area contributed by atoms with Crippen molar-refractivity contribution in [3.63, 3.8) is 0 Å². The summed E-state index contributed by atoms with van der Waals surface area (Å²) in [5, 5.41) is 3.18. The van der Waals surface area contributed by atoms with Crippen LogP contribution >= 0.6 is 0 Å². The second-order valence-electron chi connectivity index (χ2n) is 4.36. The molecule has 1 heterocycles. The van der Waals surface area contributed by atoms with Gasteiger partial charge in [-0.2, -0.15) is 0 Å². The summed E-state index contributed by atoms with van der Waals surface area (Å²) in [6, 6.07) is 4.60. The van der Waals surface area contributed by atoms with Crippen LogP contribution in [0, 0.1) is 5.82 Å². The van der Waals surface area contributed by atoms with Crippen LogP contribution < -0.4 is 5.32 Å². The molecule has 0 saturated heterocycles. The molecule has 0 radical (unpaired) electrons. The fraction of sp³-hybridized carbons (Fsp3) is 0.417. The van der Waals surface area contributed by atoms with Crippen molar-refractivity contribution in [3.8, 4) is 0 Å². The van der Waals surface area contributed by atoms with Gasteiger partial charge in [-0.05, 0) is 31.5 Å². The molecule has 0 saturated carbocycles. The third kappa shape index (κ3) is 3.29. The first-order chi connectivity index (χ1) is 8.54. The van der Waals surface area contributed by atoms with E-state index in [0.717, 1.165) is 11.9 Å². The number of hydrogen-bond acceptors (Lipinski definition) is 3. The standard InChI is InChI=1S/C12H16FN3OS/c1-8(5-6-18(2)17)14-12-15-10-4-3-9(13)7-11(10)16-12/h3-4,7-8H,5-6H2,1-2H3,(H2,14,15,16). The van der Waals surface area contributed by atoms with Crippen LogP contribution in [0.4, 0.5) is 10.3 Å². The fourth-order valence-electron chi connectivity index (χ4n) is 1.70. The second kappa shape index (κ2) is 5.48. The summed E-state index contributed by atoms with van der Waals surface area (Å²) in [5.74, 6) is 0.986. The molecule has 2 aromatic rings. The zero-order valence-corrected chi connectivity index (χ0v) is 11.2. The first kappa shape index (κ1) is 13.0. The maximum absolute atomic E-state index is 13.0. The maximum Gasteiger partial charge on any atom is 0.201 e. The number of benzene rings is 1. The Hall–Kier alpha value is -1.43. The van der Waals surface area contributed by atoms with Gasteiger partial charge in [0.2, 0.25) is 5.95 Å². The Morgan fingerprint density at radius 3 is 3.06 bits per heavy atom. The molecule has 1 aromatic heterocycles. The molecule has 2 N–H and O–H groups in total. The highest BCUT2D eigenvalue weighted by atomic mass is 32.2. The largest absolute Gasteiger partial charge is 0.353 e. The molecule has 0 aliphatic rings. The molecule has 6 heteroatoms. The van der Waals surface area contributed by atoms with Gasteiger partial charge in [0.25, 0.3) is 0 Å². The van der Waals surface area contributed by atoms with Crippen LogP contribution in [-0.4, -0.2) is 32.2 Å². The second-order valence-corrected chi connectivity index (χ2v) is 5.91. The molecule has 2 unspecified atom stereocenters. The minimum Gasteiger partial charge on any atom is -0.353 e. The number of aromatic amines is 1. The number of rotatable bonds is 5. The van der Waals surface area contributed by atoms with Crippen LogP contribution in [0.25, 0.3) is 11.0 Å². The van der Waals surface area contributed by atoms with Crippen LogP contribution in [0.1, 0.15) is 13.3 Å². The van der Waals surface area contributed by atoms with E-state index < -0.39 is 10.8 Å². The Morgan fingerprint density at radius 1 is 1.56 bits per heavy atom. The SMILES string of the molecule is CC(CCS(C)=O)Nc1nc2ccc(F)cc2[nH]1. The van der Waals surface area contributed by atoms with E-state index in [-0.39, 0.29) is 11.9 Å². The molecule has 0 aliphatic heterocycles. The van der Waals surface area contributed by atoms with Gasteiger partial charge in [0, 0.05) is 28.9 Å². The minimum atomic E-state index is -0.782. The number of halogens is 1. The average Bonchev–Trinajstić information content (AvgIpc) is 2.67. The van der Waals surface area contributed by atoms with Gasteiger partial charge in [0.05, 0.1) is 11.0 Å². The van der Waals surface area contributed by atoms with E-state index in [2.05, 4.69) is 15.3 Å². The van der Waals surface area contributed by atoms with E-state index in [1.165, 1.54) is 12.1 Å². The summed E-state index contributed by atoms with van der Waals surface area (Å²) in [4.78, 5) is 7.33. The highest BCUT2D eigenvalue weighted by Gasteiger charge is 2.07. The molecule has 0 aliphatic carbocycles. The molecular formula is C12H16FN3OS. The number of anilines is 1. The van der Waals surface area contributed by atoms with Crippen molar-refractivity contribution in [1.29, 1.82) is 0 Å². The Balaban J connectivity index is 2.05. The smallest absolute Gasteiger partial charge is 0.201 e. The Kier molecular flexibility index (Phi) is 3.96. The highest BCUT2D eigenvalue weighted by Crippen LogP contribution is 2.16. The summed E-state index contributed by atoms with van der Waals surface area (Å²) < 4.78 is 24.0. The van der Waals surface area contributed by atoms with Gasteiger partial charge >= 0.3 is 0 Å². The Bertz CT molecular complexity index is 569. The van der Waals surface area contributed by atoms with E-state index in [4.69, 9.17) is 0 Å². The predicted molar refractivity (Wildman–Crippen MR) is 72.7 cm³/mol. The van der Waals surface area contributed by atoms with E-state index in [0.29, 0.717) is 17.2 Å². The van der Waals surface area contributed by atoms with E-state index in [1.54, 1.807) is 12.3 Å². The van der Waals surface area contributed by atoms with Gasteiger partial charge in [-0.15, -0.1) is 0 Å². The number of nitrogens with one attached hydrogen (secondary N) is 2. The third-order valence-electron chi connectivity index (χ3n) is 2.67. The summed E-state index contributed by atoms with van der Waals surface area (Å²) in [6.07, 6.45) is 2.49. The number of aromatic nitrogens is 2. The number of H-pyrrole nitrogens is 1. The van der Waals surface area contributed by atoms with Crippen molar-refractivity contribution in [2.45, 2.75) is 19.4 Å². The Labute approximate surface area is 107 Å². The number of hydrogen-bond donors (Lipinski definition) is 2. The minimum absolute atomic E-state index is 0.166. The van der Waals surface area contributed by atoms with Crippen LogP contribution in [0.2, 0.25) is 0 Å². The predicted octanol–water partition coefficient (Wildman–Crippen LogP) is 2.27. The summed E-state index contributed by atoms with van der Waals surface area (Å²) in [6.45, 7) is 2.00. The lowest BCUT2D eigenvalue weighted by molar-refractivity contribution is 0.629. The quantitative estimate of drug-likeness (QED) is 0.875. The molecular weight excluding hydrogens is 253 g/mol. The van der Waals surface area contributed by atoms with Gasteiger partial charge < -0.3 is 10.3 Å². The molecule has 4 nitrogen and oxygen atoms in total. The molecule has 2 atom stereocenters. The Morgan fingerprint density at radius 2 is 2.33 bits per heavy atom. The van der Waals surface area contributed by atoms with Crippen molar-refractivity contribution < 1.29 is 8.60 Å². The van der Waals surface area contributed by atoms with Crippen LogP contribution in [0.15, 0.2) is 18.2 Å². The van der Waals surface area contributed by atoms with E-state index in [1.807, 2.05) is 6.92 Å². The molecule has 98 valence electrons. The maximum atomic E-state index is 13.0.